The van der Waals surface area contributed by atoms with Crippen molar-refractivity contribution in [2.75, 3.05) is 5.32 Å². The van der Waals surface area contributed by atoms with Gasteiger partial charge in [0.2, 0.25) is 5.91 Å². The monoisotopic (exact) mass is 312 g/mol. The summed E-state index contributed by atoms with van der Waals surface area (Å²) in [5.74, 6) is -0.161. The van der Waals surface area contributed by atoms with E-state index in [2.05, 4.69) is 21.2 Å². The lowest BCUT2D eigenvalue weighted by molar-refractivity contribution is -0.114. The molecule has 0 aromatic heterocycles. The highest BCUT2D eigenvalue weighted by molar-refractivity contribution is 9.10. The van der Waals surface area contributed by atoms with Crippen LogP contribution in [0.4, 0.5) is 5.69 Å². The number of carbonyl (C=O) groups excluding carboxylic acids is 1. The lowest BCUT2D eigenvalue weighted by atomic mass is 9.87. The Bertz CT molecular complexity index is 482. The largest absolute Gasteiger partial charge is 0.506 e. The lowest BCUT2D eigenvalue weighted by Gasteiger charge is -2.28. The number of aromatic hydroxyl groups is 1. The van der Waals surface area contributed by atoms with Crippen LogP contribution in [-0.2, 0) is 10.3 Å². The van der Waals surface area contributed by atoms with Crippen molar-refractivity contribution in [3.63, 3.8) is 0 Å². The van der Waals surface area contributed by atoms with Crippen LogP contribution in [0.5, 0.6) is 5.75 Å². The Hall–Kier alpha value is -1.07. The topological polar surface area (TPSA) is 75.3 Å². The Morgan fingerprint density at radius 1 is 1.44 bits per heavy atom. The van der Waals surface area contributed by atoms with Crippen molar-refractivity contribution >= 4 is 27.5 Å². The highest BCUT2D eigenvalue weighted by Gasteiger charge is 2.36. The Kier molecular flexibility index (Phi) is 3.64. The summed E-state index contributed by atoms with van der Waals surface area (Å²) < 4.78 is 0.827. The molecule has 1 aromatic rings. The number of nitrogens with two attached hydrogens (primary N) is 1. The number of phenolic OH excluding ortho intramolecular Hbond substituents is 1. The second-order valence-corrected chi connectivity index (χ2v) is 5.72. The van der Waals surface area contributed by atoms with E-state index < -0.39 is 5.54 Å². The highest BCUT2D eigenvalue weighted by atomic mass is 79.9. The molecule has 18 heavy (non-hydrogen) atoms. The van der Waals surface area contributed by atoms with Crippen molar-refractivity contribution in [3.8, 4) is 5.75 Å². The van der Waals surface area contributed by atoms with Crippen LogP contribution in [0.25, 0.3) is 0 Å². The number of benzene rings is 1. The van der Waals surface area contributed by atoms with Gasteiger partial charge in [0.15, 0.2) is 0 Å². The summed E-state index contributed by atoms with van der Waals surface area (Å²) in [5.41, 5.74) is 7.19. The minimum atomic E-state index is -0.477. The maximum atomic E-state index is 11.3. The molecule has 5 heteroatoms. The van der Waals surface area contributed by atoms with E-state index in [-0.39, 0.29) is 11.7 Å². The number of carbonyl (C=O) groups is 1. The smallest absolute Gasteiger partial charge is 0.221 e. The average molecular weight is 313 g/mol. The predicted octanol–water partition coefficient (Wildman–Crippen LogP) is 2.84. The Balaban J connectivity index is 2.56. The van der Waals surface area contributed by atoms with Gasteiger partial charge in [0.05, 0.1) is 5.69 Å². The number of halogens is 1. The summed E-state index contributed by atoms with van der Waals surface area (Å²) in [6.07, 6.45) is 3.86. The Morgan fingerprint density at radius 2 is 2.06 bits per heavy atom. The third-order valence-electron chi connectivity index (χ3n) is 3.43. The molecule has 0 spiro atoms. The van der Waals surface area contributed by atoms with Crippen molar-refractivity contribution in [2.45, 2.75) is 38.1 Å². The zero-order valence-electron chi connectivity index (χ0n) is 10.3. The number of phenols is 1. The molecular weight excluding hydrogens is 296 g/mol. The van der Waals surface area contributed by atoms with Crippen LogP contribution < -0.4 is 11.1 Å². The Morgan fingerprint density at radius 3 is 2.61 bits per heavy atom. The summed E-state index contributed by atoms with van der Waals surface area (Å²) in [5, 5.41) is 12.6. The zero-order valence-corrected chi connectivity index (χ0v) is 11.9. The standard InChI is InChI=1S/C13H17BrN2O2/c1-8(17)16-12-10(18)5-4-9(14)11(12)13(15)6-2-3-7-13/h4-5,18H,2-3,6-7,15H2,1H3,(H,16,17). The third-order valence-corrected chi connectivity index (χ3v) is 4.09. The normalized spacial score (nSPS) is 17.7. The summed E-state index contributed by atoms with van der Waals surface area (Å²) in [6.45, 7) is 1.42. The summed E-state index contributed by atoms with van der Waals surface area (Å²) in [6, 6.07) is 3.32. The van der Waals surface area contributed by atoms with E-state index in [9.17, 15) is 9.90 Å². The molecule has 0 atom stereocenters. The number of nitrogens with one attached hydrogen (secondary N) is 1. The first-order valence-corrected chi connectivity index (χ1v) is 6.82. The van der Waals surface area contributed by atoms with Gasteiger partial charge in [-0.25, -0.2) is 0 Å². The van der Waals surface area contributed by atoms with Gasteiger partial charge < -0.3 is 16.2 Å². The van der Waals surface area contributed by atoms with E-state index >= 15 is 0 Å². The van der Waals surface area contributed by atoms with E-state index in [1.807, 2.05) is 0 Å². The molecule has 1 aliphatic rings. The third kappa shape index (κ3) is 2.37. The minimum absolute atomic E-state index is 0.0557. The van der Waals surface area contributed by atoms with Crippen molar-refractivity contribution < 1.29 is 9.90 Å². The van der Waals surface area contributed by atoms with Gasteiger partial charge in [-0.05, 0) is 25.0 Å². The van der Waals surface area contributed by atoms with E-state index in [1.165, 1.54) is 6.92 Å². The van der Waals surface area contributed by atoms with Gasteiger partial charge >= 0.3 is 0 Å². The second-order valence-electron chi connectivity index (χ2n) is 4.86. The first-order chi connectivity index (χ1) is 8.44. The van der Waals surface area contributed by atoms with Crippen LogP contribution in [0, 0.1) is 0 Å². The Labute approximate surface area is 115 Å². The molecule has 0 radical (unpaired) electrons. The van der Waals surface area contributed by atoms with Crippen molar-refractivity contribution in [2.24, 2.45) is 5.73 Å². The number of hydrogen-bond donors (Lipinski definition) is 3. The molecule has 0 unspecified atom stereocenters. The number of anilines is 1. The lowest BCUT2D eigenvalue weighted by Crippen LogP contribution is -2.34. The van der Waals surface area contributed by atoms with Crippen LogP contribution in [0.1, 0.15) is 38.2 Å². The molecule has 0 aliphatic heterocycles. The quantitative estimate of drug-likeness (QED) is 0.735. The zero-order chi connectivity index (χ0) is 13.3. The number of hydrogen-bond acceptors (Lipinski definition) is 3. The van der Waals surface area contributed by atoms with Gasteiger partial charge in [0.25, 0.3) is 0 Å². The van der Waals surface area contributed by atoms with E-state index in [0.29, 0.717) is 5.69 Å². The molecule has 0 bridgehead atoms. The minimum Gasteiger partial charge on any atom is -0.506 e. The molecule has 2 rings (SSSR count). The molecule has 1 aliphatic carbocycles. The predicted molar refractivity (Wildman–Crippen MR) is 74.4 cm³/mol. The molecule has 4 N–H and O–H groups in total. The maximum absolute atomic E-state index is 11.3. The first kappa shape index (κ1) is 13.4. The van der Waals surface area contributed by atoms with Crippen LogP contribution in [-0.4, -0.2) is 11.0 Å². The van der Waals surface area contributed by atoms with Crippen LogP contribution in [0.3, 0.4) is 0 Å². The van der Waals surface area contributed by atoms with Gasteiger partial charge in [-0.15, -0.1) is 0 Å². The van der Waals surface area contributed by atoms with Crippen molar-refractivity contribution in [1.29, 1.82) is 0 Å². The fraction of sp³-hybridized carbons (Fsp3) is 0.462. The van der Waals surface area contributed by atoms with Crippen LogP contribution >= 0.6 is 15.9 Å². The van der Waals surface area contributed by atoms with Crippen molar-refractivity contribution in [3.05, 3.63) is 22.2 Å². The van der Waals surface area contributed by atoms with Gasteiger partial charge in [-0.1, -0.05) is 28.8 Å². The van der Waals surface area contributed by atoms with E-state index in [1.54, 1.807) is 12.1 Å². The number of rotatable bonds is 2. The second kappa shape index (κ2) is 4.90. The maximum Gasteiger partial charge on any atom is 0.221 e. The number of amides is 1. The van der Waals surface area contributed by atoms with E-state index in [4.69, 9.17) is 5.73 Å². The molecule has 4 nitrogen and oxygen atoms in total. The van der Waals surface area contributed by atoms with Gasteiger partial charge in [-0.2, -0.15) is 0 Å². The van der Waals surface area contributed by atoms with Crippen LogP contribution in [0.2, 0.25) is 0 Å². The molecule has 1 amide bonds. The molecule has 1 aromatic carbocycles. The fourth-order valence-corrected chi connectivity index (χ4v) is 3.34. The highest BCUT2D eigenvalue weighted by Crippen LogP contribution is 2.46. The van der Waals surface area contributed by atoms with Crippen LogP contribution in [0.15, 0.2) is 16.6 Å². The molecular formula is C13H17BrN2O2. The summed E-state index contributed by atoms with van der Waals surface area (Å²) in [7, 11) is 0. The molecule has 0 heterocycles. The molecule has 98 valence electrons. The summed E-state index contributed by atoms with van der Waals surface area (Å²) >= 11 is 3.47. The van der Waals surface area contributed by atoms with Crippen molar-refractivity contribution in [1.82, 2.24) is 0 Å². The molecule has 1 saturated carbocycles. The van der Waals surface area contributed by atoms with Gasteiger partial charge in [-0.3, -0.25) is 4.79 Å². The average Bonchev–Trinajstić information content (AvgIpc) is 2.71. The molecule has 0 saturated heterocycles. The fourth-order valence-electron chi connectivity index (χ4n) is 2.61. The molecule has 1 fully saturated rings. The first-order valence-electron chi connectivity index (χ1n) is 6.02. The van der Waals surface area contributed by atoms with Gasteiger partial charge in [0, 0.05) is 22.5 Å². The van der Waals surface area contributed by atoms with Gasteiger partial charge in [0.1, 0.15) is 5.75 Å². The van der Waals surface area contributed by atoms with E-state index in [0.717, 1.165) is 35.7 Å². The SMILES string of the molecule is CC(=O)Nc1c(O)ccc(Br)c1C1(N)CCCC1. The summed E-state index contributed by atoms with van der Waals surface area (Å²) in [4.78, 5) is 11.3.